The van der Waals surface area contributed by atoms with Crippen molar-refractivity contribution in [1.82, 2.24) is 4.90 Å². The number of hydrogen-bond acceptors (Lipinski definition) is 4. The quantitative estimate of drug-likeness (QED) is 0.823. The van der Waals surface area contributed by atoms with Gasteiger partial charge in [-0.25, -0.2) is 0 Å². The molecular weight excluding hydrogens is 294 g/mol. The third-order valence-electron chi connectivity index (χ3n) is 5.69. The van der Waals surface area contributed by atoms with E-state index in [2.05, 4.69) is 6.07 Å². The van der Waals surface area contributed by atoms with Crippen molar-refractivity contribution in [3.05, 3.63) is 0 Å². The topological polar surface area (TPSA) is 96.4 Å². The second kappa shape index (κ2) is 6.48. The standard InChI is InChI=1S/C17H25N3O3/c18-11-17(4-5-17)10-15(21)20-6-1-12(2-7-20)9-14-13(16(19)22)3-8-23-14/h12-14H,1-10H2,(H2,19,22)/t13-,14-/m1/s1. The Morgan fingerprint density at radius 1 is 1.26 bits per heavy atom. The van der Waals surface area contributed by atoms with Crippen LogP contribution in [0.1, 0.15) is 44.9 Å². The minimum Gasteiger partial charge on any atom is -0.377 e. The van der Waals surface area contributed by atoms with E-state index in [1.165, 1.54) is 0 Å². The maximum absolute atomic E-state index is 12.3. The predicted octanol–water partition coefficient (Wildman–Crippen LogP) is 1.20. The largest absolute Gasteiger partial charge is 0.377 e. The molecule has 23 heavy (non-hydrogen) atoms. The van der Waals surface area contributed by atoms with Crippen molar-refractivity contribution in [2.45, 2.75) is 51.0 Å². The van der Waals surface area contributed by atoms with E-state index in [0.29, 0.717) is 18.9 Å². The van der Waals surface area contributed by atoms with Gasteiger partial charge >= 0.3 is 0 Å². The van der Waals surface area contributed by atoms with Crippen molar-refractivity contribution in [3.63, 3.8) is 0 Å². The summed E-state index contributed by atoms with van der Waals surface area (Å²) in [6, 6.07) is 2.29. The number of carbonyl (C=O) groups is 2. The number of nitrogens with two attached hydrogens (primary N) is 1. The van der Waals surface area contributed by atoms with Crippen molar-refractivity contribution >= 4 is 11.8 Å². The highest BCUT2D eigenvalue weighted by atomic mass is 16.5. The molecule has 0 aromatic carbocycles. The maximum atomic E-state index is 12.3. The van der Waals surface area contributed by atoms with E-state index < -0.39 is 0 Å². The monoisotopic (exact) mass is 319 g/mol. The number of primary amides is 1. The van der Waals surface area contributed by atoms with Crippen molar-refractivity contribution in [3.8, 4) is 6.07 Å². The molecule has 6 nitrogen and oxygen atoms in total. The molecule has 3 rings (SSSR count). The van der Waals surface area contributed by atoms with Crippen LogP contribution in [-0.4, -0.2) is 42.5 Å². The minimum absolute atomic E-state index is 0.0481. The first-order chi connectivity index (χ1) is 11.0. The van der Waals surface area contributed by atoms with E-state index in [1.807, 2.05) is 4.90 Å². The third-order valence-corrected chi connectivity index (χ3v) is 5.69. The number of amides is 2. The van der Waals surface area contributed by atoms with E-state index >= 15 is 0 Å². The third kappa shape index (κ3) is 3.66. The lowest BCUT2D eigenvalue weighted by molar-refractivity contribution is -0.133. The first kappa shape index (κ1) is 16.3. The van der Waals surface area contributed by atoms with Gasteiger partial charge < -0.3 is 15.4 Å². The summed E-state index contributed by atoms with van der Waals surface area (Å²) in [6.07, 6.45) is 5.52. The van der Waals surface area contributed by atoms with Gasteiger partial charge in [0.05, 0.1) is 23.5 Å². The maximum Gasteiger partial charge on any atom is 0.224 e. The number of carbonyl (C=O) groups excluding carboxylic acids is 2. The molecule has 2 heterocycles. The summed E-state index contributed by atoms with van der Waals surface area (Å²) in [5.74, 6) is 0.191. The zero-order chi connectivity index (χ0) is 16.4. The molecule has 2 amide bonds. The molecule has 0 bridgehead atoms. The van der Waals surface area contributed by atoms with Crippen LogP contribution in [0.4, 0.5) is 0 Å². The van der Waals surface area contributed by atoms with Gasteiger partial charge in [-0.15, -0.1) is 0 Å². The summed E-state index contributed by atoms with van der Waals surface area (Å²) in [5, 5.41) is 9.10. The van der Waals surface area contributed by atoms with Crippen molar-refractivity contribution < 1.29 is 14.3 Å². The molecule has 6 heteroatoms. The van der Waals surface area contributed by atoms with E-state index in [-0.39, 0.29) is 29.3 Å². The van der Waals surface area contributed by atoms with Crippen LogP contribution in [0, 0.1) is 28.6 Å². The van der Waals surface area contributed by atoms with Gasteiger partial charge in [-0.05, 0) is 44.4 Å². The van der Waals surface area contributed by atoms with Crippen LogP contribution >= 0.6 is 0 Å². The fourth-order valence-corrected chi connectivity index (χ4v) is 3.83. The van der Waals surface area contributed by atoms with Gasteiger partial charge in [-0.1, -0.05) is 0 Å². The fraction of sp³-hybridized carbons (Fsp3) is 0.824. The molecule has 0 spiro atoms. The molecule has 2 atom stereocenters. The second-order valence-corrected chi connectivity index (χ2v) is 7.34. The van der Waals surface area contributed by atoms with Gasteiger partial charge in [0.15, 0.2) is 0 Å². The zero-order valence-electron chi connectivity index (χ0n) is 13.5. The lowest BCUT2D eigenvalue weighted by atomic mass is 9.86. The van der Waals surface area contributed by atoms with Crippen molar-refractivity contribution in [2.75, 3.05) is 19.7 Å². The number of ether oxygens (including phenoxy) is 1. The van der Waals surface area contributed by atoms with E-state index in [9.17, 15) is 9.59 Å². The molecule has 0 radical (unpaired) electrons. The number of piperidine rings is 1. The number of likely N-dealkylation sites (tertiary alicyclic amines) is 1. The SMILES string of the molecule is N#CC1(CC(=O)N2CCC(C[C@H]3OCC[C@H]3C(N)=O)CC2)CC1. The normalized spacial score (nSPS) is 30.0. The molecule has 3 fully saturated rings. The first-order valence-electron chi connectivity index (χ1n) is 8.63. The molecule has 126 valence electrons. The smallest absolute Gasteiger partial charge is 0.224 e. The van der Waals surface area contributed by atoms with Gasteiger partial charge in [0.1, 0.15) is 0 Å². The van der Waals surface area contributed by atoms with Gasteiger partial charge in [0.2, 0.25) is 11.8 Å². The summed E-state index contributed by atoms with van der Waals surface area (Å²) >= 11 is 0. The highest BCUT2D eigenvalue weighted by Crippen LogP contribution is 2.48. The number of nitriles is 1. The molecule has 2 saturated heterocycles. The Morgan fingerprint density at radius 2 is 1.96 bits per heavy atom. The zero-order valence-corrected chi connectivity index (χ0v) is 13.5. The van der Waals surface area contributed by atoms with Gasteiger partial charge in [-0.3, -0.25) is 9.59 Å². The summed E-state index contributed by atoms with van der Waals surface area (Å²) < 4.78 is 5.68. The number of hydrogen-bond donors (Lipinski definition) is 1. The Kier molecular flexibility index (Phi) is 4.58. The van der Waals surface area contributed by atoms with Crippen LogP contribution in [0.5, 0.6) is 0 Å². The molecule has 1 saturated carbocycles. The summed E-state index contributed by atoms with van der Waals surface area (Å²) in [7, 11) is 0. The van der Waals surface area contributed by atoms with Crippen LogP contribution in [0.25, 0.3) is 0 Å². The molecule has 2 N–H and O–H groups in total. The first-order valence-corrected chi connectivity index (χ1v) is 8.63. The summed E-state index contributed by atoms with van der Waals surface area (Å²) in [6.45, 7) is 2.11. The van der Waals surface area contributed by atoms with Crippen LogP contribution in [0.2, 0.25) is 0 Å². The molecule has 3 aliphatic rings. The van der Waals surface area contributed by atoms with Crippen LogP contribution in [0.15, 0.2) is 0 Å². The van der Waals surface area contributed by atoms with Gasteiger partial charge in [-0.2, -0.15) is 5.26 Å². The summed E-state index contributed by atoms with van der Waals surface area (Å²) in [5.41, 5.74) is 5.07. The second-order valence-electron chi connectivity index (χ2n) is 7.34. The molecule has 2 aliphatic heterocycles. The molecule has 0 aromatic rings. The Morgan fingerprint density at radius 3 is 2.52 bits per heavy atom. The van der Waals surface area contributed by atoms with Crippen molar-refractivity contribution in [1.29, 1.82) is 5.26 Å². The highest BCUT2D eigenvalue weighted by molar-refractivity contribution is 5.78. The molecule has 0 unspecified atom stereocenters. The average molecular weight is 319 g/mol. The molecule has 1 aliphatic carbocycles. The Bertz CT molecular complexity index is 516. The van der Waals surface area contributed by atoms with Crippen molar-refractivity contribution in [2.24, 2.45) is 23.0 Å². The van der Waals surface area contributed by atoms with Crippen LogP contribution in [0.3, 0.4) is 0 Å². The lowest BCUT2D eigenvalue weighted by Gasteiger charge is -2.34. The van der Waals surface area contributed by atoms with Gasteiger partial charge in [0, 0.05) is 26.1 Å². The van der Waals surface area contributed by atoms with E-state index in [1.54, 1.807) is 0 Å². The van der Waals surface area contributed by atoms with Crippen LogP contribution < -0.4 is 5.73 Å². The fourth-order valence-electron chi connectivity index (χ4n) is 3.83. The van der Waals surface area contributed by atoms with E-state index in [0.717, 1.165) is 51.6 Å². The average Bonchev–Trinajstić information content (AvgIpc) is 3.15. The minimum atomic E-state index is -0.361. The number of rotatable bonds is 5. The Balaban J connectivity index is 1.44. The Hall–Kier alpha value is -1.61. The number of nitrogens with zero attached hydrogens (tertiary/aromatic N) is 2. The molecule has 0 aromatic heterocycles. The summed E-state index contributed by atoms with van der Waals surface area (Å²) in [4.78, 5) is 25.6. The van der Waals surface area contributed by atoms with E-state index in [4.69, 9.17) is 15.7 Å². The lowest BCUT2D eigenvalue weighted by Crippen LogP contribution is -2.40. The highest BCUT2D eigenvalue weighted by Gasteiger charge is 2.46. The Labute approximate surface area is 136 Å². The van der Waals surface area contributed by atoms with Gasteiger partial charge in [0.25, 0.3) is 0 Å². The predicted molar refractivity (Wildman–Crippen MR) is 82.9 cm³/mol. The van der Waals surface area contributed by atoms with Crippen LogP contribution in [-0.2, 0) is 14.3 Å². The molecular formula is C17H25N3O3.